The molecule has 0 spiro atoms. The highest BCUT2D eigenvalue weighted by Gasteiger charge is 2.34. The van der Waals surface area contributed by atoms with E-state index >= 15 is 0 Å². The quantitative estimate of drug-likeness (QED) is 0.754. The van der Waals surface area contributed by atoms with Gasteiger partial charge in [-0.1, -0.05) is 38.8 Å². The van der Waals surface area contributed by atoms with Crippen molar-refractivity contribution in [3.63, 3.8) is 0 Å². The zero-order valence-corrected chi connectivity index (χ0v) is 12.5. The molecule has 1 aromatic carbocycles. The number of carbonyl (C=O) groups excluding carboxylic acids is 1. The van der Waals surface area contributed by atoms with Gasteiger partial charge in [-0.25, -0.2) is 0 Å². The van der Waals surface area contributed by atoms with Gasteiger partial charge >= 0.3 is 6.18 Å². The molecule has 0 radical (unpaired) electrons. The van der Waals surface area contributed by atoms with Gasteiger partial charge in [0.05, 0.1) is 16.1 Å². The maximum atomic E-state index is 12.8. The lowest BCUT2D eigenvalue weighted by atomic mass is 10.1. The van der Waals surface area contributed by atoms with Gasteiger partial charge in [-0.05, 0) is 24.6 Å². The van der Waals surface area contributed by atoms with Crippen LogP contribution in [-0.2, 0) is 11.0 Å². The molecule has 0 bridgehead atoms. The molecule has 7 heteroatoms. The first-order valence-corrected chi connectivity index (χ1v) is 6.78. The minimum Gasteiger partial charge on any atom is -0.325 e. The highest BCUT2D eigenvalue weighted by atomic mass is 79.9. The van der Waals surface area contributed by atoms with Crippen molar-refractivity contribution >= 4 is 43.5 Å². The minimum atomic E-state index is -4.51. The van der Waals surface area contributed by atoms with Crippen molar-refractivity contribution in [1.82, 2.24) is 0 Å². The van der Waals surface area contributed by atoms with Crippen LogP contribution in [0.2, 0.25) is 0 Å². The molecule has 1 rings (SSSR count). The zero-order chi connectivity index (χ0) is 13.9. The number of hydrogen-bond acceptors (Lipinski definition) is 1. The van der Waals surface area contributed by atoms with Gasteiger partial charge in [-0.2, -0.15) is 13.2 Å². The molecular formula is C11H10Br2F3NO. The molecule has 0 fully saturated rings. The van der Waals surface area contributed by atoms with Crippen molar-refractivity contribution in [2.75, 3.05) is 5.32 Å². The first-order valence-electron chi connectivity index (χ1n) is 5.07. The minimum absolute atomic E-state index is 0.242. The Morgan fingerprint density at radius 2 is 2.06 bits per heavy atom. The molecule has 18 heavy (non-hydrogen) atoms. The number of anilines is 1. The van der Waals surface area contributed by atoms with Crippen LogP contribution in [0.5, 0.6) is 0 Å². The predicted octanol–water partition coefficient (Wildman–Crippen LogP) is 4.58. The van der Waals surface area contributed by atoms with Crippen molar-refractivity contribution in [2.24, 2.45) is 0 Å². The van der Waals surface area contributed by atoms with Crippen molar-refractivity contribution in [3.8, 4) is 0 Å². The van der Waals surface area contributed by atoms with Gasteiger partial charge in [0.1, 0.15) is 0 Å². The van der Waals surface area contributed by atoms with E-state index in [1.165, 1.54) is 12.1 Å². The Morgan fingerprint density at radius 3 is 2.56 bits per heavy atom. The highest BCUT2D eigenvalue weighted by Crippen LogP contribution is 2.36. The van der Waals surface area contributed by atoms with E-state index in [1.807, 2.05) is 0 Å². The van der Waals surface area contributed by atoms with E-state index in [0.717, 1.165) is 6.07 Å². The van der Waals surface area contributed by atoms with Crippen LogP contribution in [0.1, 0.15) is 18.9 Å². The van der Waals surface area contributed by atoms with Gasteiger partial charge in [-0.15, -0.1) is 0 Å². The third-order valence-electron chi connectivity index (χ3n) is 2.19. The lowest BCUT2D eigenvalue weighted by molar-refractivity contribution is -0.137. The highest BCUT2D eigenvalue weighted by molar-refractivity contribution is 9.10. The standard InChI is InChI=1S/C11H10Br2F3NO/c1-2-8(13)10(18)17-9-4-3-6(12)5-7(9)11(14,15)16/h3-5,8H,2H2,1H3,(H,17,18). The number of rotatable bonds is 3. The number of amides is 1. The summed E-state index contributed by atoms with van der Waals surface area (Å²) in [6, 6.07) is 3.60. The van der Waals surface area contributed by atoms with Gasteiger partial charge in [0, 0.05) is 4.47 Å². The van der Waals surface area contributed by atoms with Crippen LogP contribution >= 0.6 is 31.9 Å². The summed E-state index contributed by atoms with van der Waals surface area (Å²) < 4.78 is 38.6. The van der Waals surface area contributed by atoms with Gasteiger partial charge < -0.3 is 5.32 Å². The topological polar surface area (TPSA) is 29.1 Å². The summed E-state index contributed by atoms with van der Waals surface area (Å²) in [4.78, 5) is 11.1. The molecule has 0 aliphatic heterocycles. The van der Waals surface area contributed by atoms with Crippen LogP contribution in [-0.4, -0.2) is 10.7 Å². The summed E-state index contributed by atoms with van der Waals surface area (Å²) in [5, 5.41) is 2.27. The molecule has 0 aliphatic carbocycles. The monoisotopic (exact) mass is 387 g/mol. The molecule has 1 aromatic rings. The van der Waals surface area contributed by atoms with Crippen molar-refractivity contribution in [1.29, 1.82) is 0 Å². The molecular weight excluding hydrogens is 379 g/mol. The number of benzene rings is 1. The van der Waals surface area contributed by atoms with E-state index < -0.39 is 22.5 Å². The Bertz CT molecular complexity index is 448. The molecule has 1 atom stereocenters. The summed E-state index contributed by atoms with van der Waals surface area (Å²) in [5.74, 6) is -0.495. The number of alkyl halides is 4. The largest absolute Gasteiger partial charge is 0.418 e. The van der Waals surface area contributed by atoms with Gasteiger partial charge in [-0.3, -0.25) is 4.79 Å². The number of hydrogen-bond donors (Lipinski definition) is 1. The van der Waals surface area contributed by atoms with Crippen molar-refractivity contribution in [3.05, 3.63) is 28.2 Å². The van der Waals surface area contributed by atoms with E-state index in [0.29, 0.717) is 10.9 Å². The van der Waals surface area contributed by atoms with Crippen LogP contribution in [0.15, 0.2) is 22.7 Å². The zero-order valence-electron chi connectivity index (χ0n) is 9.31. The first kappa shape index (κ1) is 15.5. The van der Waals surface area contributed by atoms with Gasteiger partial charge in [0.15, 0.2) is 0 Å². The summed E-state index contributed by atoms with van der Waals surface area (Å²) in [6.45, 7) is 1.76. The second kappa shape index (κ2) is 6.06. The summed E-state index contributed by atoms with van der Waals surface area (Å²) in [6.07, 6.45) is -4.02. The fourth-order valence-corrected chi connectivity index (χ4v) is 1.73. The molecule has 1 amide bonds. The molecule has 1 unspecified atom stereocenters. The number of carbonyl (C=O) groups is 1. The van der Waals surface area contributed by atoms with Gasteiger partial charge in [0.2, 0.25) is 5.91 Å². The average Bonchev–Trinajstić information content (AvgIpc) is 2.28. The first-order chi connectivity index (χ1) is 8.25. The smallest absolute Gasteiger partial charge is 0.325 e. The lowest BCUT2D eigenvalue weighted by Crippen LogP contribution is -2.24. The second-order valence-electron chi connectivity index (χ2n) is 3.55. The van der Waals surface area contributed by atoms with Gasteiger partial charge in [0.25, 0.3) is 0 Å². The van der Waals surface area contributed by atoms with E-state index in [2.05, 4.69) is 37.2 Å². The summed E-state index contributed by atoms with van der Waals surface area (Å²) in [5.41, 5.74) is -1.12. The molecule has 0 heterocycles. The Kier molecular flexibility index (Phi) is 5.21. The lowest BCUT2D eigenvalue weighted by Gasteiger charge is -2.15. The Labute approximate surface area is 119 Å². The van der Waals surface area contributed by atoms with E-state index in [1.54, 1.807) is 6.92 Å². The van der Waals surface area contributed by atoms with E-state index in [9.17, 15) is 18.0 Å². The molecule has 0 aromatic heterocycles. The fourth-order valence-electron chi connectivity index (χ4n) is 1.26. The maximum absolute atomic E-state index is 12.8. The molecule has 100 valence electrons. The molecule has 1 N–H and O–H groups in total. The Balaban J connectivity index is 3.06. The number of nitrogens with one attached hydrogen (secondary N) is 1. The fraction of sp³-hybridized carbons (Fsp3) is 0.364. The van der Waals surface area contributed by atoms with E-state index in [-0.39, 0.29) is 5.69 Å². The Hall–Kier alpha value is -0.560. The average molecular weight is 389 g/mol. The van der Waals surface area contributed by atoms with Crippen LogP contribution in [0.3, 0.4) is 0 Å². The van der Waals surface area contributed by atoms with Crippen LogP contribution in [0.4, 0.5) is 18.9 Å². The third kappa shape index (κ3) is 3.98. The van der Waals surface area contributed by atoms with Crippen LogP contribution in [0.25, 0.3) is 0 Å². The second-order valence-corrected chi connectivity index (χ2v) is 5.57. The summed E-state index contributed by atoms with van der Waals surface area (Å²) >= 11 is 6.06. The normalized spacial score (nSPS) is 13.2. The number of halogens is 5. The van der Waals surface area contributed by atoms with E-state index in [4.69, 9.17) is 0 Å². The summed E-state index contributed by atoms with van der Waals surface area (Å²) in [7, 11) is 0. The SMILES string of the molecule is CCC(Br)C(=O)Nc1ccc(Br)cc1C(F)(F)F. The van der Waals surface area contributed by atoms with Crippen molar-refractivity contribution in [2.45, 2.75) is 24.3 Å². The van der Waals surface area contributed by atoms with Crippen LogP contribution in [0, 0.1) is 0 Å². The third-order valence-corrected chi connectivity index (χ3v) is 3.74. The van der Waals surface area contributed by atoms with Crippen molar-refractivity contribution < 1.29 is 18.0 Å². The molecule has 0 saturated heterocycles. The van der Waals surface area contributed by atoms with Crippen LogP contribution < -0.4 is 5.32 Å². The molecule has 0 saturated carbocycles. The maximum Gasteiger partial charge on any atom is 0.418 e. The Morgan fingerprint density at radius 1 is 1.44 bits per heavy atom. The predicted molar refractivity (Wildman–Crippen MR) is 70.8 cm³/mol. The molecule has 2 nitrogen and oxygen atoms in total. The molecule has 0 aliphatic rings.